The molecule has 30 heavy (non-hydrogen) atoms. The Labute approximate surface area is 194 Å². The first-order chi connectivity index (χ1) is 13.2. The Bertz CT molecular complexity index is 651. The van der Waals surface area contributed by atoms with E-state index in [0.29, 0.717) is 0 Å². The van der Waals surface area contributed by atoms with Gasteiger partial charge in [0, 0.05) is 38.4 Å². The topological polar surface area (TPSA) is 112 Å². The van der Waals surface area contributed by atoms with Crippen LogP contribution in [-0.4, -0.2) is 33.2 Å². The predicted molar refractivity (Wildman–Crippen MR) is 116 cm³/mol. The number of aryl methyl sites for hydroxylation is 2. The quantitative estimate of drug-likeness (QED) is 0.343. The summed E-state index contributed by atoms with van der Waals surface area (Å²) in [7, 11) is 0. The molecule has 0 radical (unpaired) electrons. The van der Waals surface area contributed by atoms with E-state index in [1.165, 1.54) is 57.6 Å². The van der Waals surface area contributed by atoms with Gasteiger partial charge in [0.1, 0.15) is 0 Å². The summed E-state index contributed by atoms with van der Waals surface area (Å²) in [6, 6.07) is 2.34. The van der Waals surface area contributed by atoms with E-state index >= 15 is 0 Å². The molecule has 0 atom stereocenters. The number of hydrogen-bond donors (Lipinski definition) is 3. The molecular weight excluding hydrogens is 420 g/mol. The van der Waals surface area contributed by atoms with Gasteiger partial charge in [-0.05, 0) is 20.8 Å². The van der Waals surface area contributed by atoms with Gasteiger partial charge in [0.15, 0.2) is 0 Å². The molecule has 1 aromatic carbocycles. The third-order valence-electron chi connectivity index (χ3n) is 3.95. The van der Waals surface area contributed by atoms with E-state index in [-0.39, 0.29) is 38.4 Å². The van der Waals surface area contributed by atoms with Gasteiger partial charge in [-0.1, -0.05) is 59.3 Å². The summed E-state index contributed by atoms with van der Waals surface area (Å²) in [5.41, 5.74) is 6.90. The molecule has 0 bridgehead atoms. The van der Waals surface area contributed by atoms with Crippen LogP contribution in [0, 0.1) is 13.8 Å². The Balaban J connectivity index is -0.000000339. The third kappa shape index (κ3) is 14.7. The van der Waals surface area contributed by atoms with E-state index in [4.69, 9.17) is 15.3 Å². The number of carboxylic acid groups (broad SMARTS) is 3. The molecule has 0 fully saturated rings. The summed E-state index contributed by atoms with van der Waals surface area (Å²) < 4.78 is 0. The molecule has 0 spiro atoms. The Morgan fingerprint density at radius 2 is 1.13 bits per heavy atom. The van der Waals surface area contributed by atoms with Crippen LogP contribution >= 0.6 is 0 Å². The normalized spacial score (nSPS) is 10.6. The molecule has 7 heteroatoms. The van der Waals surface area contributed by atoms with Crippen LogP contribution in [0.2, 0.25) is 0 Å². The smallest absolute Gasteiger partial charge is 0.330 e. The molecule has 1 aliphatic rings. The van der Waals surface area contributed by atoms with E-state index in [1.807, 2.05) is 0 Å². The molecule has 0 aromatic heterocycles. The van der Waals surface area contributed by atoms with Crippen LogP contribution in [0.15, 0.2) is 42.5 Å². The SMILES string of the molecule is C=C(C)C(=O)O.C=C(C)C(=O)O.C=C(C)C(=O)O.Cc1c[c-](C)c2c1CCCC2.[Ti]. The summed E-state index contributed by atoms with van der Waals surface area (Å²) in [5, 5.41) is 23.7. The van der Waals surface area contributed by atoms with Gasteiger partial charge in [0.05, 0.1) is 0 Å². The van der Waals surface area contributed by atoms with E-state index in [9.17, 15) is 14.4 Å². The number of aliphatic carboxylic acids is 3. The van der Waals surface area contributed by atoms with Gasteiger partial charge in [-0.25, -0.2) is 14.4 Å². The standard InChI is InChI=1S/C11H15.3C4H6O2.Ti/c1-8-7-9(2)11-6-4-3-5-10(8)11;3*1-3(2)4(5)6;/h7H,3-6H2,1-2H3;3*1H2,2H3,(H,5,6);/q-1;;;;. The second-order valence-electron chi connectivity index (χ2n) is 6.93. The molecule has 0 amide bonds. The number of fused-ring (bicyclic) bond motifs is 1. The van der Waals surface area contributed by atoms with Crippen LogP contribution in [0.3, 0.4) is 0 Å². The molecular formula is C23H33O6Ti-. The van der Waals surface area contributed by atoms with Crippen LogP contribution in [0.25, 0.3) is 0 Å². The second-order valence-corrected chi connectivity index (χ2v) is 6.93. The first-order valence-corrected chi connectivity index (χ1v) is 9.13. The molecule has 2 rings (SSSR count). The van der Waals surface area contributed by atoms with Crippen molar-refractivity contribution in [3.05, 3.63) is 64.8 Å². The molecule has 3 N–H and O–H groups in total. The minimum absolute atomic E-state index is 0. The first-order valence-electron chi connectivity index (χ1n) is 9.13. The zero-order chi connectivity index (χ0) is 23.3. The van der Waals surface area contributed by atoms with Crippen molar-refractivity contribution >= 4 is 17.9 Å². The average Bonchev–Trinajstić information content (AvgIpc) is 2.91. The van der Waals surface area contributed by atoms with E-state index in [0.717, 1.165) is 0 Å². The maximum absolute atomic E-state index is 9.60. The molecule has 0 saturated carbocycles. The van der Waals surface area contributed by atoms with Crippen molar-refractivity contribution in [2.45, 2.75) is 60.3 Å². The van der Waals surface area contributed by atoms with Crippen LogP contribution in [-0.2, 0) is 48.9 Å². The fourth-order valence-corrected chi connectivity index (χ4v) is 2.27. The van der Waals surface area contributed by atoms with Crippen molar-refractivity contribution in [2.75, 3.05) is 0 Å². The Morgan fingerprint density at radius 3 is 1.40 bits per heavy atom. The molecule has 0 heterocycles. The van der Waals surface area contributed by atoms with Gasteiger partial charge in [0.25, 0.3) is 0 Å². The maximum Gasteiger partial charge on any atom is 0.330 e. The Hall–Kier alpha value is -2.31. The molecule has 6 nitrogen and oxygen atoms in total. The van der Waals surface area contributed by atoms with Gasteiger partial charge >= 0.3 is 17.9 Å². The van der Waals surface area contributed by atoms with Crippen LogP contribution in [0.5, 0.6) is 0 Å². The zero-order valence-electron chi connectivity index (χ0n) is 18.6. The zero-order valence-corrected chi connectivity index (χ0v) is 20.2. The minimum Gasteiger partial charge on any atom is -0.478 e. The van der Waals surface area contributed by atoms with Crippen molar-refractivity contribution in [2.24, 2.45) is 0 Å². The van der Waals surface area contributed by atoms with E-state index in [2.05, 4.69) is 39.7 Å². The van der Waals surface area contributed by atoms with Gasteiger partial charge < -0.3 is 15.3 Å². The summed E-state index contributed by atoms with van der Waals surface area (Å²) in [4.78, 5) is 28.8. The number of hydrogen-bond acceptors (Lipinski definition) is 3. The molecule has 0 aliphatic heterocycles. The number of rotatable bonds is 3. The number of carboxylic acids is 3. The van der Waals surface area contributed by atoms with Gasteiger partial charge in [0.2, 0.25) is 0 Å². The van der Waals surface area contributed by atoms with E-state index in [1.54, 1.807) is 11.1 Å². The van der Waals surface area contributed by atoms with Gasteiger partial charge in [-0.2, -0.15) is 28.3 Å². The largest absolute Gasteiger partial charge is 0.478 e. The fourth-order valence-electron chi connectivity index (χ4n) is 2.27. The van der Waals surface area contributed by atoms with Gasteiger partial charge in [-0.3, -0.25) is 0 Å². The van der Waals surface area contributed by atoms with Crippen LogP contribution in [0.4, 0.5) is 0 Å². The molecule has 166 valence electrons. The molecule has 0 unspecified atom stereocenters. The van der Waals surface area contributed by atoms with E-state index < -0.39 is 17.9 Å². The van der Waals surface area contributed by atoms with Crippen LogP contribution in [0.1, 0.15) is 55.9 Å². The first kappa shape index (κ1) is 32.4. The van der Waals surface area contributed by atoms with Crippen molar-refractivity contribution in [1.29, 1.82) is 0 Å². The fraction of sp³-hybridized carbons (Fsp3) is 0.391. The average molecular weight is 453 g/mol. The Kier molecular flexibility index (Phi) is 17.8. The molecule has 1 aliphatic carbocycles. The summed E-state index contributed by atoms with van der Waals surface area (Å²) in [6.45, 7) is 18.3. The summed E-state index contributed by atoms with van der Waals surface area (Å²) in [6.07, 6.45) is 5.46. The van der Waals surface area contributed by atoms with Crippen molar-refractivity contribution in [3.8, 4) is 0 Å². The predicted octanol–water partition coefficient (Wildman–Crippen LogP) is 4.84. The van der Waals surface area contributed by atoms with Crippen molar-refractivity contribution in [1.82, 2.24) is 0 Å². The molecule has 1 aromatic rings. The van der Waals surface area contributed by atoms with Gasteiger partial charge in [-0.15, -0.1) is 0 Å². The minimum atomic E-state index is -0.935. The monoisotopic (exact) mass is 453 g/mol. The van der Waals surface area contributed by atoms with Crippen LogP contribution < -0.4 is 0 Å². The second kappa shape index (κ2) is 16.5. The summed E-state index contributed by atoms with van der Waals surface area (Å²) >= 11 is 0. The van der Waals surface area contributed by atoms with Crippen molar-refractivity contribution < 1.29 is 51.4 Å². The molecule has 0 saturated heterocycles. The third-order valence-corrected chi connectivity index (χ3v) is 3.95. The maximum atomic E-state index is 9.60. The van der Waals surface area contributed by atoms with Crippen molar-refractivity contribution in [3.63, 3.8) is 0 Å². The number of carbonyl (C=O) groups is 3. The Morgan fingerprint density at radius 1 is 0.833 bits per heavy atom. The summed E-state index contributed by atoms with van der Waals surface area (Å²) in [5.74, 6) is -2.81.